The molecule has 3 N–H and O–H groups in total. The molecule has 0 saturated heterocycles. The van der Waals surface area contributed by atoms with Gasteiger partial charge in [-0.25, -0.2) is 0 Å². The second-order valence-electron chi connectivity index (χ2n) is 7.25. The third kappa shape index (κ3) is 5.22. The van der Waals surface area contributed by atoms with E-state index in [1.54, 1.807) is 0 Å². The van der Waals surface area contributed by atoms with Gasteiger partial charge in [0.15, 0.2) is 0 Å². The average molecular weight is 377 g/mol. The fourth-order valence-electron chi connectivity index (χ4n) is 3.42. The van der Waals surface area contributed by atoms with Crippen LogP contribution in [-0.2, 0) is 22.4 Å². The van der Waals surface area contributed by atoms with Crippen LogP contribution >= 0.6 is 0 Å². The molecular formula is C23H27N3O2. The number of hydrogen-bond donors (Lipinski definition) is 3. The molecule has 0 fully saturated rings. The van der Waals surface area contributed by atoms with E-state index in [1.165, 1.54) is 12.5 Å². The fourth-order valence-corrected chi connectivity index (χ4v) is 3.42. The third-order valence-corrected chi connectivity index (χ3v) is 4.89. The van der Waals surface area contributed by atoms with E-state index in [4.69, 9.17) is 0 Å². The molecule has 5 heteroatoms. The van der Waals surface area contributed by atoms with E-state index < -0.39 is 6.04 Å². The predicted molar refractivity (Wildman–Crippen MR) is 112 cm³/mol. The molecule has 146 valence electrons. The van der Waals surface area contributed by atoms with Crippen LogP contribution in [0.5, 0.6) is 0 Å². The van der Waals surface area contributed by atoms with E-state index in [1.807, 2.05) is 55.6 Å². The molecule has 3 aromatic rings. The molecule has 0 aliphatic heterocycles. The number of nitrogens with one attached hydrogen (secondary N) is 3. The monoisotopic (exact) mass is 377 g/mol. The summed E-state index contributed by atoms with van der Waals surface area (Å²) in [4.78, 5) is 27.7. The topological polar surface area (TPSA) is 74.0 Å². The molecule has 28 heavy (non-hydrogen) atoms. The van der Waals surface area contributed by atoms with Gasteiger partial charge in [0.2, 0.25) is 11.8 Å². The Balaban J connectivity index is 1.63. The Morgan fingerprint density at radius 2 is 1.71 bits per heavy atom. The minimum Gasteiger partial charge on any atom is -0.361 e. The highest BCUT2D eigenvalue weighted by Crippen LogP contribution is 2.19. The van der Waals surface area contributed by atoms with Crippen molar-refractivity contribution in [1.82, 2.24) is 15.6 Å². The number of fused-ring (bicyclic) bond motifs is 1. The number of hydrogen-bond acceptors (Lipinski definition) is 2. The second kappa shape index (κ2) is 9.22. The molecule has 0 aliphatic rings. The third-order valence-electron chi connectivity index (χ3n) is 4.89. The van der Waals surface area contributed by atoms with Crippen molar-refractivity contribution in [3.8, 4) is 0 Å². The van der Waals surface area contributed by atoms with E-state index in [9.17, 15) is 9.59 Å². The Morgan fingerprint density at radius 3 is 2.46 bits per heavy atom. The van der Waals surface area contributed by atoms with E-state index in [0.717, 1.165) is 29.3 Å². The number of aromatic nitrogens is 1. The number of carbonyl (C=O) groups is 2. The number of carbonyl (C=O) groups excluding carboxylic acids is 2. The Morgan fingerprint density at radius 1 is 1.00 bits per heavy atom. The van der Waals surface area contributed by atoms with Gasteiger partial charge in [0, 0.05) is 36.5 Å². The van der Waals surface area contributed by atoms with Gasteiger partial charge in [-0.15, -0.1) is 0 Å². The maximum atomic E-state index is 12.8. The molecule has 1 heterocycles. The zero-order chi connectivity index (χ0) is 19.9. The highest BCUT2D eigenvalue weighted by Gasteiger charge is 2.22. The maximum absolute atomic E-state index is 12.8. The van der Waals surface area contributed by atoms with Crippen molar-refractivity contribution in [3.63, 3.8) is 0 Å². The van der Waals surface area contributed by atoms with Crippen LogP contribution in [0.4, 0.5) is 0 Å². The van der Waals surface area contributed by atoms with Crippen LogP contribution in [0.2, 0.25) is 0 Å². The van der Waals surface area contributed by atoms with Crippen molar-refractivity contribution in [1.29, 1.82) is 0 Å². The van der Waals surface area contributed by atoms with Crippen LogP contribution < -0.4 is 10.6 Å². The van der Waals surface area contributed by atoms with Crippen molar-refractivity contribution in [3.05, 3.63) is 71.9 Å². The van der Waals surface area contributed by atoms with Crippen LogP contribution in [0.1, 0.15) is 31.4 Å². The molecule has 0 aliphatic carbocycles. The highest BCUT2D eigenvalue weighted by molar-refractivity contribution is 5.89. The van der Waals surface area contributed by atoms with Crippen molar-refractivity contribution in [2.24, 2.45) is 0 Å². The maximum Gasteiger partial charge on any atom is 0.243 e. The SMILES string of the molecule is CC(=O)NC(Cc1c[nH]c2ccccc12)C(=O)NC(C)CCc1ccccc1. The lowest BCUT2D eigenvalue weighted by atomic mass is 10.0. The molecule has 2 amide bonds. The van der Waals surface area contributed by atoms with Gasteiger partial charge in [-0.3, -0.25) is 9.59 Å². The van der Waals surface area contributed by atoms with Crippen molar-refractivity contribution < 1.29 is 9.59 Å². The number of benzene rings is 2. The van der Waals surface area contributed by atoms with Gasteiger partial charge in [-0.1, -0.05) is 48.5 Å². The number of aromatic amines is 1. The average Bonchev–Trinajstić information content (AvgIpc) is 3.09. The number of rotatable bonds is 8. The largest absolute Gasteiger partial charge is 0.361 e. The summed E-state index contributed by atoms with van der Waals surface area (Å²) >= 11 is 0. The summed E-state index contributed by atoms with van der Waals surface area (Å²) in [6.07, 6.45) is 4.09. The molecular weight excluding hydrogens is 350 g/mol. The van der Waals surface area contributed by atoms with E-state index in [0.29, 0.717) is 6.42 Å². The summed E-state index contributed by atoms with van der Waals surface area (Å²) < 4.78 is 0. The summed E-state index contributed by atoms with van der Waals surface area (Å²) in [5, 5.41) is 6.92. The van der Waals surface area contributed by atoms with Gasteiger partial charge >= 0.3 is 0 Å². The minimum atomic E-state index is -0.601. The van der Waals surface area contributed by atoms with Gasteiger partial charge < -0.3 is 15.6 Å². The first kappa shape index (κ1) is 19.7. The standard InChI is InChI=1S/C23H27N3O2/c1-16(12-13-18-8-4-3-5-9-18)25-23(28)22(26-17(2)27)14-19-15-24-21-11-7-6-10-20(19)21/h3-11,15-16,22,24H,12-14H2,1-2H3,(H,25,28)(H,26,27). The van der Waals surface area contributed by atoms with Gasteiger partial charge in [-0.05, 0) is 37.0 Å². The molecule has 0 saturated carbocycles. The first-order valence-electron chi connectivity index (χ1n) is 9.69. The molecule has 1 aromatic heterocycles. The smallest absolute Gasteiger partial charge is 0.243 e. The Hall–Kier alpha value is -3.08. The zero-order valence-corrected chi connectivity index (χ0v) is 16.4. The van der Waals surface area contributed by atoms with Crippen LogP contribution in [0.15, 0.2) is 60.8 Å². The fraction of sp³-hybridized carbons (Fsp3) is 0.304. The molecule has 5 nitrogen and oxygen atoms in total. The van der Waals surface area contributed by atoms with Crippen LogP contribution in [0.25, 0.3) is 10.9 Å². The zero-order valence-electron chi connectivity index (χ0n) is 16.4. The van der Waals surface area contributed by atoms with E-state index in [-0.39, 0.29) is 17.9 Å². The Labute approximate surface area is 165 Å². The first-order chi connectivity index (χ1) is 13.5. The second-order valence-corrected chi connectivity index (χ2v) is 7.25. The van der Waals surface area contributed by atoms with Crippen molar-refractivity contribution >= 4 is 22.7 Å². The quantitative estimate of drug-likeness (QED) is 0.563. The molecule has 2 atom stereocenters. The number of amides is 2. The molecule has 0 bridgehead atoms. The van der Waals surface area contributed by atoms with Crippen LogP contribution in [0, 0.1) is 0 Å². The highest BCUT2D eigenvalue weighted by atomic mass is 16.2. The summed E-state index contributed by atoms with van der Waals surface area (Å²) in [6.45, 7) is 3.44. The summed E-state index contributed by atoms with van der Waals surface area (Å²) in [5.74, 6) is -0.363. The number of para-hydroxylation sites is 1. The van der Waals surface area contributed by atoms with Crippen LogP contribution in [-0.4, -0.2) is 28.9 Å². The van der Waals surface area contributed by atoms with E-state index in [2.05, 4.69) is 27.8 Å². The van der Waals surface area contributed by atoms with Crippen molar-refractivity contribution in [2.75, 3.05) is 0 Å². The normalized spacial score (nSPS) is 13.1. The van der Waals surface area contributed by atoms with Crippen LogP contribution in [0.3, 0.4) is 0 Å². The summed E-state index contributed by atoms with van der Waals surface area (Å²) in [5.41, 5.74) is 3.29. The molecule has 0 radical (unpaired) electrons. The van der Waals surface area contributed by atoms with Gasteiger partial charge in [-0.2, -0.15) is 0 Å². The Bertz CT molecular complexity index is 933. The Kier molecular flexibility index (Phi) is 6.48. The molecule has 2 unspecified atom stereocenters. The van der Waals surface area contributed by atoms with Gasteiger partial charge in [0.1, 0.15) is 6.04 Å². The lowest BCUT2D eigenvalue weighted by Crippen LogP contribution is -2.49. The first-order valence-corrected chi connectivity index (χ1v) is 9.69. The predicted octanol–water partition coefficient (Wildman–Crippen LogP) is 3.35. The van der Waals surface area contributed by atoms with Gasteiger partial charge in [0.05, 0.1) is 0 Å². The number of aryl methyl sites for hydroxylation is 1. The lowest BCUT2D eigenvalue weighted by molar-refractivity contribution is -0.128. The molecule has 0 spiro atoms. The summed E-state index contributed by atoms with van der Waals surface area (Å²) in [6, 6.07) is 17.6. The lowest BCUT2D eigenvalue weighted by Gasteiger charge is -2.21. The van der Waals surface area contributed by atoms with E-state index >= 15 is 0 Å². The minimum absolute atomic E-state index is 0.0203. The van der Waals surface area contributed by atoms with Gasteiger partial charge in [0.25, 0.3) is 0 Å². The number of H-pyrrole nitrogens is 1. The van der Waals surface area contributed by atoms with Crippen molar-refractivity contribution in [2.45, 2.75) is 45.2 Å². The summed E-state index contributed by atoms with van der Waals surface area (Å²) in [7, 11) is 0. The molecule has 2 aromatic carbocycles. The molecule has 3 rings (SSSR count).